The van der Waals surface area contributed by atoms with Gasteiger partial charge in [-0.1, -0.05) is 24.9 Å². The van der Waals surface area contributed by atoms with Gasteiger partial charge < -0.3 is 10.1 Å². The fraction of sp³-hybridized carbons (Fsp3) is 0.684. The third kappa shape index (κ3) is 5.56. The first-order chi connectivity index (χ1) is 12.3. The number of aromatic nitrogens is 2. The maximum absolute atomic E-state index is 12.2. The lowest BCUT2D eigenvalue weighted by atomic mass is 10.0. The molecule has 1 aliphatic rings. The Kier molecular flexibility index (Phi) is 7.68. The molecule has 26 heavy (non-hydrogen) atoms. The van der Waals surface area contributed by atoms with Gasteiger partial charge in [0.25, 0.3) is 0 Å². The number of carbonyl (C=O) groups is 1. The maximum Gasteiger partial charge on any atom is 0.244 e. The van der Waals surface area contributed by atoms with E-state index in [1.54, 1.807) is 10.8 Å². The Balaban J connectivity index is 1.92. The summed E-state index contributed by atoms with van der Waals surface area (Å²) >= 11 is 6.40. The molecule has 6 nitrogen and oxygen atoms in total. The van der Waals surface area contributed by atoms with E-state index < -0.39 is 0 Å². The minimum absolute atomic E-state index is 0.105. The molecule has 0 atom stereocenters. The average molecular weight is 383 g/mol. The van der Waals surface area contributed by atoms with Gasteiger partial charge in [-0.25, -0.2) is 0 Å². The minimum Gasteiger partial charge on any atom is -0.379 e. The number of morpholine rings is 1. The van der Waals surface area contributed by atoms with Crippen LogP contribution in [0.1, 0.15) is 44.9 Å². The molecule has 1 N–H and O–H groups in total. The summed E-state index contributed by atoms with van der Waals surface area (Å²) in [5.41, 5.74) is 1.54. The van der Waals surface area contributed by atoms with Gasteiger partial charge in [0.05, 0.1) is 18.9 Å². The van der Waals surface area contributed by atoms with Crippen LogP contribution in [0.15, 0.2) is 6.08 Å². The molecule has 1 aliphatic heterocycles. The Labute approximate surface area is 161 Å². The molecule has 0 bridgehead atoms. The van der Waals surface area contributed by atoms with Crippen LogP contribution in [0.2, 0.25) is 5.15 Å². The molecule has 1 fully saturated rings. The molecule has 1 aromatic rings. The van der Waals surface area contributed by atoms with E-state index in [1.165, 1.54) is 6.08 Å². The number of aryl methyl sites for hydroxylation is 2. The number of ether oxygens (including phenoxy) is 1. The molecule has 2 heterocycles. The molecule has 1 amide bonds. The normalized spacial score (nSPS) is 16.3. The summed E-state index contributed by atoms with van der Waals surface area (Å²) in [7, 11) is 0. The van der Waals surface area contributed by atoms with Crippen molar-refractivity contribution < 1.29 is 9.53 Å². The standard InChI is InChI=1S/C19H31ClN4O2/c1-5-6-9-24-18(20)16(15(2)22-24)7-8-17(25)21-14-19(3,4)23-10-12-26-13-11-23/h7-8H,5-6,9-14H2,1-4H3,(H,21,25)/b8-7+. The summed E-state index contributed by atoms with van der Waals surface area (Å²) in [6.07, 6.45) is 5.41. The summed E-state index contributed by atoms with van der Waals surface area (Å²) < 4.78 is 7.20. The highest BCUT2D eigenvalue weighted by Gasteiger charge is 2.28. The minimum atomic E-state index is -0.122. The number of carbonyl (C=O) groups excluding carboxylic acids is 1. The first kappa shape index (κ1) is 20.9. The van der Waals surface area contributed by atoms with Gasteiger partial charge in [0.2, 0.25) is 5.91 Å². The van der Waals surface area contributed by atoms with Crippen molar-refractivity contribution in [1.82, 2.24) is 20.0 Å². The largest absolute Gasteiger partial charge is 0.379 e. The van der Waals surface area contributed by atoms with E-state index in [-0.39, 0.29) is 11.4 Å². The highest BCUT2D eigenvalue weighted by Crippen LogP contribution is 2.22. The molecule has 0 spiro atoms. The number of hydrogen-bond acceptors (Lipinski definition) is 4. The van der Waals surface area contributed by atoms with Gasteiger partial charge in [-0.2, -0.15) is 5.10 Å². The van der Waals surface area contributed by atoms with Crippen LogP contribution in [0.4, 0.5) is 0 Å². The van der Waals surface area contributed by atoms with E-state index in [0.717, 1.165) is 56.9 Å². The molecule has 0 aliphatic carbocycles. The van der Waals surface area contributed by atoms with E-state index >= 15 is 0 Å². The quantitative estimate of drug-likeness (QED) is 0.702. The van der Waals surface area contributed by atoms with E-state index in [4.69, 9.17) is 16.3 Å². The Morgan fingerprint density at radius 1 is 1.38 bits per heavy atom. The van der Waals surface area contributed by atoms with Crippen molar-refractivity contribution in [2.45, 2.75) is 52.6 Å². The van der Waals surface area contributed by atoms with Gasteiger partial charge in [-0.05, 0) is 33.3 Å². The summed E-state index contributed by atoms with van der Waals surface area (Å²) in [6, 6.07) is 0. The Bertz CT molecular complexity index is 634. The predicted octanol–water partition coefficient (Wildman–Crippen LogP) is 2.89. The predicted molar refractivity (Wildman–Crippen MR) is 105 cm³/mol. The van der Waals surface area contributed by atoms with Crippen LogP contribution < -0.4 is 5.32 Å². The Morgan fingerprint density at radius 3 is 2.73 bits per heavy atom. The van der Waals surface area contributed by atoms with E-state index in [1.807, 2.05) is 6.92 Å². The second-order valence-electron chi connectivity index (χ2n) is 7.33. The zero-order valence-corrected chi connectivity index (χ0v) is 17.1. The molecule has 1 saturated heterocycles. The summed E-state index contributed by atoms with van der Waals surface area (Å²) in [5, 5.41) is 8.04. The molecular weight excluding hydrogens is 352 g/mol. The second-order valence-corrected chi connectivity index (χ2v) is 7.69. The van der Waals surface area contributed by atoms with Gasteiger partial charge in [0, 0.05) is 43.4 Å². The van der Waals surface area contributed by atoms with Gasteiger partial charge in [-0.3, -0.25) is 14.4 Å². The van der Waals surface area contributed by atoms with Crippen LogP contribution in [0.5, 0.6) is 0 Å². The number of rotatable bonds is 8. The van der Waals surface area contributed by atoms with Crippen molar-refractivity contribution in [3.63, 3.8) is 0 Å². The lowest BCUT2D eigenvalue weighted by Gasteiger charge is -2.40. The molecule has 0 saturated carbocycles. The van der Waals surface area contributed by atoms with Crippen LogP contribution in [-0.4, -0.2) is 59.0 Å². The van der Waals surface area contributed by atoms with Crippen LogP contribution in [0, 0.1) is 6.92 Å². The monoisotopic (exact) mass is 382 g/mol. The average Bonchev–Trinajstić information content (AvgIpc) is 2.90. The van der Waals surface area contributed by atoms with E-state index in [9.17, 15) is 4.79 Å². The van der Waals surface area contributed by atoms with Gasteiger partial charge in [0.1, 0.15) is 5.15 Å². The molecule has 0 aromatic carbocycles. The number of unbranched alkanes of at least 4 members (excludes halogenated alkanes) is 1. The van der Waals surface area contributed by atoms with E-state index in [2.05, 4.69) is 36.1 Å². The fourth-order valence-corrected chi connectivity index (χ4v) is 3.34. The lowest BCUT2D eigenvalue weighted by Crippen LogP contribution is -2.55. The number of hydrogen-bond donors (Lipinski definition) is 1. The lowest BCUT2D eigenvalue weighted by molar-refractivity contribution is -0.117. The number of halogens is 1. The van der Waals surface area contributed by atoms with Crippen LogP contribution in [-0.2, 0) is 16.1 Å². The van der Waals surface area contributed by atoms with Crippen molar-refractivity contribution >= 4 is 23.6 Å². The maximum atomic E-state index is 12.2. The number of nitrogens with one attached hydrogen (secondary N) is 1. The van der Waals surface area contributed by atoms with Crippen molar-refractivity contribution in [2.24, 2.45) is 0 Å². The van der Waals surface area contributed by atoms with Crippen molar-refractivity contribution in [3.8, 4) is 0 Å². The summed E-state index contributed by atoms with van der Waals surface area (Å²) in [6.45, 7) is 13.0. The fourth-order valence-electron chi connectivity index (χ4n) is 3.01. The van der Waals surface area contributed by atoms with E-state index in [0.29, 0.717) is 11.7 Å². The number of nitrogens with zero attached hydrogens (tertiary/aromatic N) is 3. The first-order valence-electron chi connectivity index (χ1n) is 9.36. The highest BCUT2D eigenvalue weighted by molar-refractivity contribution is 6.31. The van der Waals surface area contributed by atoms with Crippen LogP contribution in [0.25, 0.3) is 6.08 Å². The smallest absolute Gasteiger partial charge is 0.244 e. The topological polar surface area (TPSA) is 59.4 Å². The Hall–Kier alpha value is -1.37. The molecule has 7 heteroatoms. The Morgan fingerprint density at radius 2 is 2.08 bits per heavy atom. The summed E-state index contributed by atoms with van der Waals surface area (Å²) in [5.74, 6) is -0.122. The van der Waals surface area contributed by atoms with Gasteiger partial charge in [0.15, 0.2) is 0 Å². The first-order valence-corrected chi connectivity index (χ1v) is 9.74. The molecule has 0 unspecified atom stereocenters. The van der Waals surface area contributed by atoms with Crippen LogP contribution >= 0.6 is 11.6 Å². The second kappa shape index (κ2) is 9.53. The SMILES string of the molecule is CCCCn1nc(C)c(/C=C/C(=O)NCC(C)(C)N2CCOCC2)c1Cl. The molecule has 1 aromatic heterocycles. The zero-order valence-electron chi connectivity index (χ0n) is 16.3. The van der Waals surface area contributed by atoms with Crippen LogP contribution in [0.3, 0.4) is 0 Å². The molecule has 0 radical (unpaired) electrons. The third-order valence-corrected chi connectivity index (χ3v) is 5.20. The van der Waals surface area contributed by atoms with Crippen molar-refractivity contribution in [2.75, 3.05) is 32.8 Å². The van der Waals surface area contributed by atoms with Crippen molar-refractivity contribution in [3.05, 3.63) is 22.5 Å². The van der Waals surface area contributed by atoms with Gasteiger partial charge >= 0.3 is 0 Å². The third-order valence-electron chi connectivity index (χ3n) is 4.80. The highest BCUT2D eigenvalue weighted by atomic mass is 35.5. The molecule has 146 valence electrons. The summed E-state index contributed by atoms with van der Waals surface area (Å²) in [4.78, 5) is 14.6. The van der Waals surface area contributed by atoms with Crippen molar-refractivity contribution in [1.29, 1.82) is 0 Å². The van der Waals surface area contributed by atoms with Gasteiger partial charge in [-0.15, -0.1) is 0 Å². The molecule has 2 rings (SSSR count). The zero-order chi connectivity index (χ0) is 19.2. The molecular formula is C19H31ClN4O2. The number of amides is 1.